The number of ether oxygens (including phenoxy) is 1. The van der Waals surface area contributed by atoms with E-state index in [0.29, 0.717) is 27.0 Å². The Labute approximate surface area is 168 Å². The van der Waals surface area contributed by atoms with Gasteiger partial charge in [-0.05, 0) is 24.8 Å². The summed E-state index contributed by atoms with van der Waals surface area (Å²) in [4.78, 5) is 32.6. The monoisotopic (exact) mass is 437 g/mol. The molecule has 2 aromatic rings. The average Bonchev–Trinajstić information content (AvgIpc) is 2.92. The van der Waals surface area contributed by atoms with Crippen LogP contribution in [0.1, 0.15) is 30.7 Å². The highest BCUT2D eigenvalue weighted by molar-refractivity contribution is 7.99. The standard InChI is InChI=1S/C17H22F3N3O3S2/c1-4-9(2)7-11-10(3)28-14-12(11)13(24)22-15(23-14)27-6-5-21-16(25)26-8-17(18,19)20/h9H,4-8H2,1-3H3,(H,21,25)(H,22,23,24). The van der Waals surface area contributed by atoms with Crippen LogP contribution in [-0.2, 0) is 11.2 Å². The maximum absolute atomic E-state index is 12.5. The molecular weight excluding hydrogens is 415 g/mol. The van der Waals surface area contributed by atoms with Crippen molar-refractivity contribution in [3.63, 3.8) is 0 Å². The van der Waals surface area contributed by atoms with Gasteiger partial charge in [-0.2, -0.15) is 13.2 Å². The normalized spacial score (nSPS) is 12.9. The molecule has 0 saturated carbocycles. The van der Waals surface area contributed by atoms with Crippen molar-refractivity contribution in [3.8, 4) is 0 Å². The Bertz CT molecular complexity index is 880. The van der Waals surface area contributed by atoms with Crippen LogP contribution in [0.4, 0.5) is 18.0 Å². The maximum atomic E-state index is 12.5. The number of carbonyl (C=O) groups excluding carboxylic acids is 1. The predicted octanol–water partition coefficient (Wildman–Crippen LogP) is 4.26. The third kappa shape index (κ3) is 6.40. The number of hydrogen-bond acceptors (Lipinski definition) is 6. The highest BCUT2D eigenvalue weighted by Gasteiger charge is 2.29. The van der Waals surface area contributed by atoms with Crippen LogP contribution in [-0.4, -0.2) is 41.1 Å². The number of alkyl carbamates (subject to hydrolysis) is 1. The summed E-state index contributed by atoms with van der Waals surface area (Å²) < 4.78 is 39.9. The van der Waals surface area contributed by atoms with Gasteiger partial charge in [-0.3, -0.25) is 4.79 Å². The molecule has 2 aromatic heterocycles. The first-order valence-corrected chi connectivity index (χ1v) is 10.5. The zero-order valence-corrected chi connectivity index (χ0v) is 17.4. The highest BCUT2D eigenvalue weighted by atomic mass is 32.2. The third-order valence-electron chi connectivity index (χ3n) is 4.07. The molecule has 11 heteroatoms. The number of alkyl halides is 3. The second-order valence-corrected chi connectivity index (χ2v) is 8.66. The molecule has 0 saturated heterocycles. The first-order chi connectivity index (χ1) is 13.1. The molecule has 0 radical (unpaired) electrons. The van der Waals surface area contributed by atoms with Crippen molar-refractivity contribution in [2.24, 2.45) is 5.92 Å². The number of carbonyl (C=O) groups is 1. The van der Waals surface area contributed by atoms with Crippen LogP contribution in [0.25, 0.3) is 10.2 Å². The molecule has 1 atom stereocenters. The molecule has 0 aliphatic heterocycles. The van der Waals surface area contributed by atoms with E-state index in [0.717, 1.165) is 23.3 Å². The van der Waals surface area contributed by atoms with Crippen molar-refractivity contribution < 1.29 is 22.7 Å². The first-order valence-electron chi connectivity index (χ1n) is 8.73. The van der Waals surface area contributed by atoms with E-state index in [4.69, 9.17) is 0 Å². The number of aromatic nitrogens is 2. The molecular formula is C17H22F3N3O3S2. The van der Waals surface area contributed by atoms with Gasteiger partial charge >= 0.3 is 12.3 Å². The van der Waals surface area contributed by atoms with Gasteiger partial charge in [0.1, 0.15) is 4.83 Å². The first kappa shape index (κ1) is 22.5. The Hall–Kier alpha value is -1.75. The van der Waals surface area contributed by atoms with E-state index in [-0.39, 0.29) is 12.1 Å². The quantitative estimate of drug-likeness (QED) is 0.366. The number of H-pyrrole nitrogens is 1. The molecule has 28 heavy (non-hydrogen) atoms. The van der Waals surface area contributed by atoms with E-state index in [1.54, 1.807) is 0 Å². The fourth-order valence-electron chi connectivity index (χ4n) is 2.46. The lowest BCUT2D eigenvalue weighted by Crippen LogP contribution is -2.30. The second kappa shape index (κ2) is 9.64. The van der Waals surface area contributed by atoms with Crippen LogP contribution in [0.15, 0.2) is 9.95 Å². The number of aryl methyl sites for hydroxylation is 1. The molecule has 0 aliphatic rings. The van der Waals surface area contributed by atoms with Crippen molar-refractivity contribution in [1.29, 1.82) is 0 Å². The molecule has 0 spiro atoms. The lowest BCUT2D eigenvalue weighted by atomic mass is 9.98. The van der Waals surface area contributed by atoms with Crippen LogP contribution in [0.2, 0.25) is 0 Å². The fourth-order valence-corrected chi connectivity index (χ4v) is 4.29. The molecule has 0 bridgehead atoms. The number of thioether (sulfide) groups is 1. The molecule has 0 fully saturated rings. The van der Waals surface area contributed by atoms with Gasteiger partial charge in [0.2, 0.25) is 0 Å². The predicted molar refractivity (Wildman–Crippen MR) is 104 cm³/mol. The molecule has 2 N–H and O–H groups in total. The van der Waals surface area contributed by atoms with Crippen LogP contribution < -0.4 is 10.9 Å². The van der Waals surface area contributed by atoms with Crippen LogP contribution in [0, 0.1) is 12.8 Å². The molecule has 0 aromatic carbocycles. The van der Waals surface area contributed by atoms with Crippen molar-refractivity contribution in [2.45, 2.75) is 44.9 Å². The Morgan fingerprint density at radius 1 is 1.43 bits per heavy atom. The summed E-state index contributed by atoms with van der Waals surface area (Å²) >= 11 is 2.67. The number of hydrogen-bond donors (Lipinski definition) is 2. The smallest absolute Gasteiger partial charge is 0.422 e. The lowest BCUT2D eigenvalue weighted by molar-refractivity contribution is -0.160. The summed E-state index contributed by atoms with van der Waals surface area (Å²) in [6, 6.07) is 0. The largest absolute Gasteiger partial charge is 0.440 e. The van der Waals surface area contributed by atoms with E-state index in [2.05, 4.69) is 33.9 Å². The van der Waals surface area contributed by atoms with Crippen LogP contribution >= 0.6 is 23.1 Å². The van der Waals surface area contributed by atoms with E-state index >= 15 is 0 Å². The van der Waals surface area contributed by atoms with E-state index in [1.807, 2.05) is 6.92 Å². The topological polar surface area (TPSA) is 84.1 Å². The van der Waals surface area contributed by atoms with Crippen molar-refractivity contribution in [3.05, 3.63) is 20.8 Å². The van der Waals surface area contributed by atoms with E-state index in [1.165, 1.54) is 23.1 Å². The number of rotatable bonds is 8. The van der Waals surface area contributed by atoms with Gasteiger partial charge in [0.05, 0.1) is 5.39 Å². The van der Waals surface area contributed by atoms with E-state index < -0.39 is 18.9 Å². The van der Waals surface area contributed by atoms with Gasteiger partial charge < -0.3 is 15.0 Å². The third-order valence-corrected chi connectivity index (χ3v) is 5.98. The number of halogens is 3. The van der Waals surface area contributed by atoms with Crippen molar-refractivity contribution in [2.75, 3.05) is 18.9 Å². The SMILES string of the molecule is CCC(C)Cc1c(C)sc2nc(SCCNC(=O)OCC(F)(F)F)[nH]c(=O)c12. The minimum absolute atomic E-state index is 0.0752. The average molecular weight is 438 g/mol. The summed E-state index contributed by atoms with van der Waals surface area (Å²) in [7, 11) is 0. The van der Waals surface area contributed by atoms with Crippen LogP contribution in [0.5, 0.6) is 0 Å². The van der Waals surface area contributed by atoms with Gasteiger partial charge in [0.25, 0.3) is 5.56 Å². The Kier molecular flexibility index (Phi) is 7.76. The number of amides is 1. The Balaban J connectivity index is 1.96. The molecule has 2 heterocycles. The fraction of sp³-hybridized carbons (Fsp3) is 0.588. The number of aromatic amines is 1. The number of nitrogens with zero attached hydrogens (tertiary/aromatic N) is 1. The van der Waals surface area contributed by atoms with Gasteiger partial charge in [-0.15, -0.1) is 11.3 Å². The summed E-state index contributed by atoms with van der Waals surface area (Å²) in [5.74, 6) is 0.785. The summed E-state index contributed by atoms with van der Waals surface area (Å²) in [5.41, 5.74) is 0.835. The van der Waals surface area contributed by atoms with Crippen molar-refractivity contribution in [1.82, 2.24) is 15.3 Å². The Morgan fingerprint density at radius 3 is 2.79 bits per heavy atom. The van der Waals surface area contributed by atoms with Gasteiger partial charge in [0, 0.05) is 17.2 Å². The van der Waals surface area contributed by atoms with Crippen molar-refractivity contribution >= 4 is 39.4 Å². The number of nitrogens with one attached hydrogen (secondary N) is 2. The molecule has 1 unspecified atom stereocenters. The second-order valence-electron chi connectivity index (χ2n) is 6.37. The minimum Gasteiger partial charge on any atom is -0.440 e. The molecule has 1 amide bonds. The molecule has 6 nitrogen and oxygen atoms in total. The minimum atomic E-state index is -4.56. The zero-order valence-electron chi connectivity index (χ0n) is 15.7. The van der Waals surface area contributed by atoms with E-state index in [9.17, 15) is 22.8 Å². The highest BCUT2D eigenvalue weighted by Crippen LogP contribution is 2.30. The maximum Gasteiger partial charge on any atom is 0.422 e. The Morgan fingerprint density at radius 2 is 2.14 bits per heavy atom. The zero-order chi connectivity index (χ0) is 20.9. The molecule has 2 rings (SSSR count). The van der Waals surface area contributed by atoms with Gasteiger partial charge in [-0.25, -0.2) is 9.78 Å². The molecule has 0 aliphatic carbocycles. The summed E-state index contributed by atoms with van der Waals surface area (Å²) in [6.45, 7) is 4.67. The number of thiophene rings is 1. The van der Waals surface area contributed by atoms with Gasteiger partial charge in [-0.1, -0.05) is 32.0 Å². The lowest BCUT2D eigenvalue weighted by Gasteiger charge is -2.09. The van der Waals surface area contributed by atoms with Crippen LogP contribution in [0.3, 0.4) is 0 Å². The van der Waals surface area contributed by atoms with Gasteiger partial charge in [0.15, 0.2) is 11.8 Å². The summed E-state index contributed by atoms with van der Waals surface area (Å²) in [5, 5.41) is 3.25. The summed E-state index contributed by atoms with van der Waals surface area (Å²) in [6.07, 6.45) is -3.85. The molecule has 156 valence electrons. The number of fused-ring (bicyclic) bond motifs is 1.